The molecule has 0 spiro atoms. The van der Waals surface area contributed by atoms with E-state index in [4.69, 9.17) is 11.8 Å². The average molecular weight is 318 g/mol. The van der Waals surface area contributed by atoms with E-state index in [9.17, 15) is 4.79 Å². The third-order valence-electron chi connectivity index (χ3n) is 3.04. The van der Waals surface area contributed by atoms with Crippen LogP contribution in [0.25, 0.3) is 0 Å². The number of carbonyl (C=O) groups is 1. The number of hydrogen-bond donors (Lipinski definition) is 2. The lowest BCUT2D eigenvalue weighted by Crippen LogP contribution is -2.30. The summed E-state index contributed by atoms with van der Waals surface area (Å²) in [6.45, 7) is 4.45. The Labute approximate surface area is 136 Å². The van der Waals surface area contributed by atoms with Crippen molar-refractivity contribution in [1.29, 1.82) is 0 Å². The summed E-state index contributed by atoms with van der Waals surface area (Å²) < 4.78 is 1.46. The van der Waals surface area contributed by atoms with E-state index in [1.54, 1.807) is 0 Å². The number of para-hydroxylation sites is 1. The summed E-state index contributed by atoms with van der Waals surface area (Å²) in [5.74, 6) is -0.0576. The van der Waals surface area contributed by atoms with Gasteiger partial charge in [0.05, 0.1) is 5.69 Å². The largest absolute Gasteiger partial charge is 0.350 e. The first kappa shape index (κ1) is 16.3. The van der Waals surface area contributed by atoms with Crippen LogP contribution in [0.1, 0.15) is 29.8 Å². The summed E-state index contributed by atoms with van der Waals surface area (Å²) in [5.41, 5.74) is 5.67. The number of carbonyl (C=O) groups excluding carboxylic acids is 1. The van der Waals surface area contributed by atoms with Crippen LogP contribution in [0, 0.1) is 0 Å². The number of halogens is 1. The van der Waals surface area contributed by atoms with Crippen LogP contribution in [0.5, 0.6) is 0 Å². The normalized spacial score (nSPS) is 10.5. The van der Waals surface area contributed by atoms with Crippen molar-refractivity contribution in [1.82, 2.24) is 10.7 Å². The van der Waals surface area contributed by atoms with Crippen molar-refractivity contribution in [3.63, 3.8) is 0 Å². The molecule has 2 aromatic carbocycles. The third kappa shape index (κ3) is 4.76. The summed E-state index contributed by atoms with van der Waals surface area (Å²) in [5, 5.41) is 2.87. The Kier molecular flexibility index (Phi) is 5.81. The van der Waals surface area contributed by atoms with Crippen molar-refractivity contribution in [3.8, 4) is 0 Å². The lowest BCUT2D eigenvalue weighted by Gasteiger charge is -2.17. The van der Waals surface area contributed by atoms with Gasteiger partial charge in [-0.3, -0.25) is 4.79 Å². The van der Waals surface area contributed by atoms with Gasteiger partial charge in [-0.15, -0.1) is 0 Å². The zero-order valence-corrected chi connectivity index (χ0v) is 13.5. The maximum atomic E-state index is 11.9. The summed E-state index contributed by atoms with van der Waals surface area (Å²) in [4.78, 5) is 11.9. The first-order valence-electron chi connectivity index (χ1n) is 7.20. The van der Waals surface area contributed by atoms with Crippen molar-refractivity contribution in [2.75, 3.05) is 4.53 Å². The fourth-order valence-electron chi connectivity index (χ4n) is 1.93. The van der Waals surface area contributed by atoms with Crippen LogP contribution < -0.4 is 15.3 Å². The predicted octanol–water partition coefficient (Wildman–Crippen LogP) is 3.49. The Morgan fingerprint density at radius 1 is 1.09 bits per heavy atom. The topological polar surface area (TPSA) is 44.4 Å². The van der Waals surface area contributed by atoms with Crippen LogP contribution in [-0.4, -0.2) is 11.9 Å². The molecular formula is C17H20ClN3O. The lowest BCUT2D eigenvalue weighted by molar-refractivity contribution is 0.0943. The standard InChI is InChI=1S/C17H20ClN3O/c1-13(2)20-17(22)15-10-8-14(9-11-15)12-19-21(18)16-6-4-3-5-7-16/h3-11,13,19H,12H2,1-2H3,(H,20,22). The molecule has 0 fully saturated rings. The number of amides is 1. The summed E-state index contributed by atoms with van der Waals surface area (Å²) in [6.07, 6.45) is 0. The predicted molar refractivity (Wildman–Crippen MR) is 90.7 cm³/mol. The van der Waals surface area contributed by atoms with Crippen molar-refractivity contribution in [2.45, 2.75) is 26.4 Å². The Bertz CT molecular complexity index is 599. The van der Waals surface area contributed by atoms with Crippen LogP contribution in [0.15, 0.2) is 54.6 Å². The monoisotopic (exact) mass is 317 g/mol. The zero-order chi connectivity index (χ0) is 15.9. The zero-order valence-electron chi connectivity index (χ0n) is 12.7. The Morgan fingerprint density at radius 3 is 2.32 bits per heavy atom. The van der Waals surface area contributed by atoms with E-state index in [2.05, 4.69) is 10.7 Å². The number of nitrogens with one attached hydrogen (secondary N) is 2. The van der Waals surface area contributed by atoms with Crippen LogP contribution in [0.3, 0.4) is 0 Å². The molecule has 0 heterocycles. The highest BCUT2D eigenvalue weighted by molar-refractivity contribution is 6.25. The van der Waals surface area contributed by atoms with E-state index in [0.29, 0.717) is 12.1 Å². The van der Waals surface area contributed by atoms with Crippen LogP contribution in [0.4, 0.5) is 5.69 Å². The van der Waals surface area contributed by atoms with Gasteiger partial charge in [-0.2, -0.15) is 0 Å². The fourth-order valence-corrected chi connectivity index (χ4v) is 2.10. The maximum Gasteiger partial charge on any atom is 0.251 e. The number of rotatable bonds is 6. The van der Waals surface area contributed by atoms with Crippen molar-refractivity contribution < 1.29 is 4.79 Å². The molecule has 0 saturated carbocycles. The van der Waals surface area contributed by atoms with Crippen LogP contribution in [0.2, 0.25) is 0 Å². The smallest absolute Gasteiger partial charge is 0.251 e. The van der Waals surface area contributed by atoms with E-state index < -0.39 is 0 Å². The second-order valence-corrected chi connectivity index (χ2v) is 5.61. The quantitative estimate of drug-likeness (QED) is 0.633. The molecule has 0 atom stereocenters. The number of nitrogens with zero attached hydrogens (tertiary/aromatic N) is 1. The summed E-state index contributed by atoms with van der Waals surface area (Å²) >= 11 is 6.15. The lowest BCUT2D eigenvalue weighted by atomic mass is 10.1. The van der Waals surface area contributed by atoms with Gasteiger partial charge < -0.3 is 5.32 Å². The molecule has 0 unspecified atom stereocenters. The van der Waals surface area contributed by atoms with E-state index in [1.165, 1.54) is 4.53 Å². The minimum Gasteiger partial charge on any atom is -0.350 e. The second-order valence-electron chi connectivity index (χ2n) is 5.28. The Hall–Kier alpha value is -2.04. The first-order valence-corrected chi connectivity index (χ1v) is 7.54. The third-order valence-corrected chi connectivity index (χ3v) is 3.36. The molecule has 4 nitrogen and oxygen atoms in total. The molecule has 2 aromatic rings. The highest BCUT2D eigenvalue weighted by Gasteiger charge is 2.07. The number of hydrazine groups is 1. The van der Waals surface area contributed by atoms with Gasteiger partial charge in [0.2, 0.25) is 0 Å². The number of anilines is 1. The highest BCUT2D eigenvalue weighted by Crippen LogP contribution is 2.13. The van der Waals surface area contributed by atoms with Gasteiger partial charge >= 0.3 is 0 Å². The SMILES string of the molecule is CC(C)NC(=O)c1ccc(CNN(Cl)c2ccccc2)cc1. The molecule has 22 heavy (non-hydrogen) atoms. The second kappa shape index (κ2) is 7.82. The van der Waals surface area contributed by atoms with Gasteiger partial charge in [0.1, 0.15) is 0 Å². The average Bonchev–Trinajstić information content (AvgIpc) is 2.53. The highest BCUT2D eigenvalue weighted by atomic mass is 35.5. The van der Waals surface area contributed by atoms with Crippen molar-refractivity contribution in [2.24, 2.45) is 0 Å². The molecule has 2 N–H and O–H groups in total. The first-order chi connectivity index (χ1) is 10.6. The molecule has 116 valence electrons. The molecule has 1 amide bonds. The molecule has 0 aromatic heterocycles. The number of benzene rings is 2. The molecule has 5 heteroatoms. The van der Waals surface area contributed by atoms with E-state index in [1.807, 2.05) is 68.4 Å². The van der Waals surface area contributed by atoms with Crippen LogP contribution in [-0.2, 0) is 6.54 Å². The molecule has 0 bridgehead atoms. The summed E-state index contributed by atoms with van der Waals surface area (Å²) in [6, 6.07) is 17.2. The Morgan fingerprint density at radius 2 is 1.73 bits per heavy atom. The molecule has 0 aliphatic carbocycles. The van der Waals surface area contributed by atoms with E-state index in [-0.39, 0.29) is 11.9 Å². The molecule has 0 aliphatic heterocycles. The van der Waals surface area contributed by atoms with Gasteiger partial charge in [0.25, 0.3) is 5.91 Å². The Balaban J connectivity index is 1.90. The van der Waals surface area contributed by atoms with Crippen molar-refractivity contribution >= 4 is 23.4 Å². The minimum absolute atomic E-state index is 0.0576. The van der Waals surface area contributed by atoms with Crippen LogP contribution >= 0.6 is 11.8 Å². The van der Waals surface area contributed by atoms with E-state index >= 15 is 0 Å². The van der Waals surface area contributed by atoms with Gasteiger partial charge in [0.15, 0.2) is 0 Å². The molecular weight excluding hydrogens is 298 g/mol. The molecule has 0 saturated heterocycles. The van der Waals surface area contributed by atoms with Gasteiger partial charge in [-0.1, -0.05) is 30.3 Å². The number of hydrogen-bond acceptors (Lipinski definition) is 3. The molecule has 2 rings (SSSR count). The molecule has 0 radical (unpaired) electrons. The van der Waals surface area contributed by atoms with Gasteiger partial charge in [-0.25, -0.2) is 9.95 Å². The fraction of sp³-hybridized carbons (Fsp3) is 0.235. The minimum atomic E-state index is -0.0576. The van der Waals surface area contributed by atoms with Gasteiger partial charge in [-0.05, 0) is 43.7 Å². The molecule has 0 aliphatic rings. The maximum absolute atomic E-state index is 11.9. The van der Waals surface area contributed by atoms with Crippen molar-refractivity contribution in [3.05, 3.63) is 65.7 Å². The van der Waals surface area contributed by atoms with E-state index in [0.717, 1.165) is 11.3 Å². The van der Waals surface area contributed by atoms with Gasteiger partial charge in [0, 0.05) is 29.9 Å². The summed E-state index contributed by atoms with van der Waals surface area (Å²) in [7, 11) is 0.